The SMILES string of the molecule is C=CC1CN(Cc2ccccc2)CC1(C)C(=O)OCC. The van der Waals surface area contributed by atoms with Crippen LogP contribution in [0.1, 0.15) is 19.4 Å². The fourth-order valence-electron chi connectivity index (χ4n) is 2.93. The van der Waals surface area contributed by atoms with Gasteiger partial charge in [0.15, 0.2) is 0 Å². The van der Waals surface area contributed by atoms with E-state index in [0.717, 1.165) is 19.6 Å². The van der Waals surface area contributed by atoms with Gasteiger partial charge in [0.2, 0.25) is 0 Å². The summed E-state index contributed by atoms with van der Waals surface area (Å²) in [5.41, 5.74) is 0.787. The van der Waals surface area contributed by atoms with E-state index >= 15 is 0 Å². The number of nitrogens with zero attached hydrogens (tertiary/aromatic N) is 1. The molecule has 108 valence electrons. The molecule has 1 fully saturated rings. The Bertz CT molecular complexity index is 471. The largest absolute Gasteiger partial charge is 0.466 e. The summed E-state index contributed by atoms with van der Waals surface area (Å²) >= 11 is 0. The highest BCUT2D eigenvalue weighted by molar-refractivity contribution is 5.78. The van der Waals surface area contributed by atoms with Crippen molar-refractivity contribution < 1.29 is 9.53 Å². The lowest BCUT2D eigenvalue weighted by molar-refractivity contribution is -0.155. The van der Waals surface area contributed by atoms with Gasteiger partial charge in [-0.05, 0) is 19.4 Å². The molecule has 1 aliphatic rings. The number of rotatable bonds is 5. The van der Waals surface area contributed by atoms with Gasteiger partial charge in [-0.3, -0.25) is 9.69 Å². The Hall–Kier alpha value is -1.61. The van der Waals surface area contributed by atoms with Crippen molar-refractivity contribution in [3.63, 3.8) is 0 Å². The molecule has 2 atom stereocenters. The first-order valence-electron chi connectivity index (χ1n) is 7.16. The zero-order chi connectivity index (χ0) is 14.6. The van der Waals surface area contributed by atoms with Gasteiger partial charge in [0.25, 0.3) is 0 Å². The van der Waals surface area contributed by atoms with Crippen molar-refractivity contribution in [3.8, 4) is 0 Å². The summed E-state index contributed by atoms with van der Waals surface area (Å²) < 4.78 is 5.25. The van der Waals surface area contributed by atoms with Gasteiger partial charge >= 0.3 is 5.97 Å². The highest BCUT2D eigenvalue weighted by Crippen LogP contribution is 2.38. The molecule has 2 unspecified atom stereocenters. The standard InChI is InChI=1S/C17H23NO2/c1-4-15-12-18(11-14-9-7-6-8-10-14)13-17(15,3)16(19)20-5-2/h4,6-10,15H,1,5,11-13H2,2-3H3. The van der Waals surface area contributed by atoms with Gasteiger partial charge in [0, 0.05) is 25.6 Å². The molecule has 0 radical (unpaired) electrons. The normalized spacial score (nSPS) is 26.4. The van der Waals surface area contributed by atoms with Crippen molar-refractivity contribution in [2.45, 2.75) is 20.4 Å². The number of benzene rings is 1. The van der Waals surface area contributed by atoms with Gasteiger partial charge in [-0.15, -0.1) is 6.58 Å². The number of likely N-dealkylation sites (tertiary alicyclic amines) is 1. The number of hydrogen-bond donors (Lipinski definition) is 0. The van der Waals surface area contributed by atoms with E-state index in [1.807, 2.05) is 38.1 Å². The van der Waals surface area contributed by atoms with E-state index in [2.05, 4.69) is 23.6 Å². The molecule has 1 saturated heterocycles. The lowest BCUT2D eigenvalue weighted by atomic mass is 9.80. The van der Waals surface area contributed by atoms with E-state index in [0.29, 0.717) is 6.61 Å². The average Bonchev–Trinajstić information content (AvgIpc) is 2.77. The maximum absolute atomic E-state index is 12.2. The molecule has 1 aliphatic heterocycles. The predicted octanol–water partition coefficient (Wildman–Crippen LogP) is 2.87. The lowest BCUT2D eigenvalue weighted by Crippen LogP contribution is -2.37. The summed E-state index contributed by atoms with van der Waals surface area (Å²) in [4.78, 5) is 14.5. The minimum Gasteiger partial charge on any atom is -0.466 e. The first-order chi connectivity index (χ1) is 9.60. The number of hydrogen-bond acceptors (Lipinski definition) is 3. The van der Waals surface area contributed by atoms with Crippen LogP contribution >= 0.6 is 0 Å². The second-order valence-electron chi connectivity index (χ2n) is 5.64. The second-order valence-corrected chi connectivity index (χ2v) is 5.64. The van der Waals surface area contributed by atoms with Crippen molar-refractivity contribution >= 4 is 5.97 Å². The molecule has 20 heavy (non-hydrogen) atoms. The maximum atomic E-state index is 12.2. The molecule has 0 N–H and O–H groups in total. The summed E-state index contributed by atoms with van der Waals surface area (Å²) in [7, 11) is 0. The Kier molecular flexibility index (Phi) is 4.61. The van der Waals surface area contributed by atoms with Gasteiger partial charge in [-0.1, -0.05) is 36.4 Å². The minimum atomic E-state index is -0.480. The molecule has 1 aromatic carbocycles. The average molecular weight is 273 g/mol. The van der Waals surface area contributed by atoms with Crippen molar-refractivity contribution in [1.29, 1.82) is 0 Å². The molecule has 0 aromatic heterocycles. The highest BCUT2D eigenvalue weighted by Gasteiger charge is 2.48. The van der Waals surface area contributed by atoms with Crippen LogP contribution in [-0.2, 0) is 16.1 Å². The maximum Gasteiger partial charge on any atom is 0.313 e. The minimum absolute atomic E-state index is 0.111. The third-order valence-electron chi connectivity index (χ3n) is 4.10. The quantitative estimate of drug-likeness (QED) is 0.610. The van der Waals surface area contributed by atoms with Crippen molar-refractivity contribution in [2.75, 3.05) is 19.7 Å². The van der Waals surface area contributed by atoms with E-state index < -0.39 is 5.41 Å². The van der Waals surface area contributed by atoms with Crippen molar-refractivity contribution in [3.05, 3.63) is 48.6 Å². The molecule has 0 amide bonds. The van der Waals surface area contributed by atoms with Crippen LogP contribution in [0.3, 0.4) is 0 Å². The van der Waals surface area contributed by atoms with E-state index in [1.165, 1.54) is 5.56 Å². The zero-order valence-electron chi connectivity index (χ0n) is 12.3. The molecule has 1 aromatic rings. The molecule has 3 heteroatoms. The van der Waals surface area contributed by atoms with Gasteiger partial charge in [0.05, 0.1) is 12.0 Å². The first-order valence-corrected chi connectivity index (χ1v) is 7.16. The molecular formula is C17H23NO2. The smallest absolute Gasteiger partial charge is 0.313 e. The molecular weight excluding hydrogens is 250 g/mol. The van der Waals surface area contributed by atoms with Crippen LogP contribution in [-0.4, -0.2) is 30.6 Å². The number of carbonyl (C=O) groups is 1. The molecule has 0 bridgehead atoms. The summed E-state index contributed by atoms with van der Waals surface area (Å²) in [6.07, 6.45) is 1.89. The fraction of sp³-hybridized carbons (Fsp3) is 0.471. The third-order valence-corrected chi connectivity index (χ3v) is 4.10. The van der Waals surface area contributed by atoms with Gasteiger partial charge in [-0.2, -0.15) is 0 Å². The predicted molar refractivity (Wildman–Crippen MR) is 80.1 cm³/mol. The Morgan fingerprint density at radius 3 is 2.80 bits per heavy atom. The van der Waals surface area contributed by atoms with Gasteiger partial charge < -0.3 is 4.74 Å². The Morgan fingerprint density at radius 1 is 1.50 bits per heavy atom. The van der Waals surface area contributed by atoms with Crippen LogP contribution in [0.5, 0.6) is 0 Å². The molecule has 0 aliphatic carbocycles. The Morgan fingerprint density at radius 2 is 2.20 bits per heavy atom. The van der Waals surface area contributed by atoms with E-state index in [4.69, 9.17) is 4.74 Å². The fourth-order valence-corrected chi connectivity index (χ4v) is 2.93. The topological polar surface area (TPSA) is 29.5 Å². The number of esters is 1. The van der Waals surface area contributed by atoms with E-state index in [-0.39, 0.29) is 11.9 Å². The summed E-state index contributed by atoms with van der Waals surface area (Å²) in [6.45, 7) is 10.6. The van der Waals surface area contributed by atoms with Crippen LogP contribution in [0.25, 0.3) is 0 Å². The molecule has 3 nitrogen and oxygen atoms in total. The number of ether oxygens (including phenoxy) is 1. The van der Waals surface area contributed by atoms with Crippen LogP contribution in [0.2, 0.25) is 0 Å². The Labute approximate surface area is 121 Å². The summed E-state index contributed by atoms with van der Waals surface area (Å²) in [5.74, 6) is 0.0331. The Balaban J connectivity index is 2.09. The van der Waals surface area contributed by atoms with Crippen LogP contribution in [0.15, 0.2) is 43.0 Å². The van der Waals surface area contributed by atoms with E-state index in [9.17, 15) is 4.79 Å². The number of carbonyl (C=O) groups excluding carboxylic acids is 1. The summed E-state index contributed by atoms with van der Waals surface area (Å²) in [5, 5.41) is 0. The van der Waals surface area contributed by atoms with Crippen molar-refractivity contribution in [1.82, 2.24) is 4.90 Å². The molecule has 0 saturated carbocycles. The van der Waals surface area contributed by atoms with Crippen LogP contribution < -0.4 is 0 Å². The van der Waals surface area contributed by atoms with Crippen LogP contribution in [0.4, 0.5) is 0 Å². The molecule has 1 heterocycles. The van der Waals surface area contributed by atoms with Gasteiger partial charge in [-0.25, -0.2) is 0 Å². The highest BCUT2D eigenvalue weighted by atomic mass is 16.5. The third kappa shape index (κ3) is 2.93. The zero-order valence-corrected chi connectivity index (χ0v) is 12.3. The second kappa shape index (κ2) is 6.23. The van der Waals surface area contributed by atoms with Crippen LogP contribution in [0, 0.1) is 11.3 Å². The van der Waals surface area contributed by atoms with Gasteiger partial charge in [0.1, 0.15) is 0 Å². The molecule has 0 spiro atoms. The first kappa shape index (κ1) is 14.8. The monoisotopic (exact) mass is 273 g/mol. The van der Waals surface area contributed by atoms with E-state index in [1.54, 1.807) is 0 Å². The summed E-state index contributed by atoms with van der Waals surface area (Å²) in [6, 6.07) is 10.3. The van der Waals surface area contributed by atoms with Crippen molar-refractivity contribution in [2.24, 2.45) is 11.3 Å². The lowest BCUT2D eigenvalue weighted by Gasteiger charge is -2.26. The molecule has 2 rings (SSSR count).